The molecule has 0 spiro atoms. The monoisotopic (exact) mass is 416 g/mol. The molecule has 1 saturated heterocycles. The summed E-state index contributed by atoms with van der Waals surface area (Å²) >= 11 is 6.30. The number of aliphatic hydroxyl groups is 2. The number of anilines is 1. The van der Waals surface area contributed by atoms with Crippen LogP contribution in [0.5, 0.6) is 5.75 Å². The van der Waals surface area contributed by atoms with Gasteiger partial charge in [-0.25, -0.2) is 4.98 Å². The maximum absolute atomic E-state index is 9.78. The maximum Gasteiger partial charge on any atom is 0.139 e. The van der Waals surface area contributed by atoms with Crippen molar-refractivity contribution in [2.45, 2.75) is 6.61 Å². The van der Waals surface area contributed by atoms with Crippen molar-refractivity contribution >= 4 is 22.9 Å². The van der Waals surface area contributed by atoms with Crippen molar-refractivity contribution in [2.75, 3.05) is 51.3 Å². The average Bonchev–Trinajstić information content (AvgIpc) is 3.17. The molecule has 154 valence electrons. The van der Waals surface area contributed by atoms with Crippen molar-refractivity contribution in [3.05, 3.63) is 47.2 Å². The minimum Gasteiger partial charge on any atom is -0.495 e. The molecule has 4 rings (SSSR count). The number of hydrogen-bond acceptors (Lipinski definition) is 6. The van der Waals surface area contributed by atoms with Gasteiger partial charge in [0.05, 0.1) is 31.0 Å². The topological polar surface area (TPSA) is 73.5 Å². The summed E-state index contributed by atoms with van der Waals surface area (Å²) in [7, 11) is 1.55. The van der Waals surface area contributed by atoms with Crippen molar-refractivity contribution in [1.82, 2.24) is 14.3 Å². The van der Waals surface area contributed by atoms with Gasteiger partial charge in [-0.2, -0.15) is 0 Å². The number of methoxy groups -OCH3 is 1. The molecule has 0 saturated carbocycles. The number of rotatable bonds is 6. The second-order valence-electron chi connectivity index (χ2n) is 7.13. The highest BCUT2D eigenvalue weighted by atomic mass is 35.5. The van der Waals surface area contributed by atoms with Crippen LogP contribution in [0.15, 0.2) is 36.7 Å². The van der Waals surface area contributed by atoms with E-state index in [0.717, 1.165) is 60.9 Å². The summed E-state index contributed by atoms with van der Waals surface area (Å²) in [5, 5.41) is 19.4. The number of pyridine rings is 1. The van der Waals surface area contributed by atoms with E-state index in [9.17, 15) is 5.11 Å². The Morgan fingerprint density at radius 1 is 1.14 bits per heavy atom. The van der Waals surface area contributed by atoms with Crippen molar-refractivity contribution < 1.29 is 14.9 Å². The van der Waals surface area contributed by atoms with Gasteiger partial charge in [0.25, 0.3) is 0 Å². The minimum absolute atomic E-state index is 0.125. The molecule has 1 aromatic carbocycles. The molecular weight excluding hydrogens is 392 g/mol. The summed E-state index contributed by atoms with van der Waals surface area (Å²) in [6.45, 7) is 4.53. The smallest absolute Gasteiger partial charge is 0.139 e. The zero-order valence-electron chi connectivity index (χ0n) is 16.4. The fourth-order valence-corrected chi connectivity index (χ4v) is 4.03. The first-order valence-corrected chi connectivity index (χ1v) is 10.1. The molecule has 29 heavy (non-hydrogen) atoms. The van der Waals surface area contributed by atoms with Crippen molar-refractivity contribution in [1.29, 1.82) is 0 Å². The molecule has 2 N–H and O–H groups in total. The molecule has 0 amide bonds. The SMILES string of the molecule is COc1cc(CO)c(-c2cn3ccc(N4CCN(CCO)CC4)cc3n2)cc1Cl. The molecule has 1 fully saturated rings. The van der Waals surface area contributed by atoms with Crippen LogP contribution in [0.25, 0.3) is 16.9 Å². The molecule has 0 unspecified atom stereocenters. The molecule has 7 nitrogen and oxygen atoms in total. The van der Waals surface area contributed by atoms with Crippen LogP contribution < -0.4 is 9.64 Å². The van der Waals surface area contributed by atoms with Crippen LogP contribution in [0.3, 0.4) is 0 Å². The summed E-state index contributed by atoms with van der Waals surface area (Å²) in [5.41, 5.74) is 4.24. The summed E-state index contributed by atoms with van der Waals surface area (Å²) in [6.07, 6.45) is 3.95. The summed E-state index contributed by atoms with van der Waals surface area (Å²) in [6, 6.07) is 7.71. The molecule has 1 aliphatic rings. The zero-order chi connectivity index (χ0) is 20.4. The fraction of sp³-hybridized carbons (Fsp3) is 0.381. The quantitative estimate of drug-likeness (QED) is 0.642. The first kappa shape index (κ1) is 20.0. The lowest BCUT2D eigenvalue weighted by Gasteiger charge is -2.35. The Bertz CT molecular complexity index is 999. The predicted octanol–water partition coefficient (Wildman–Crippen LogP) is 2.27. The molecule has 0 aliphatic carbocycles. The van der Waals surface area contributed by atoms with Crippen LogP contribution in [0.4, 0.5) is 5.69 Å². The number of aromatic nitrogens is 2. The number of hydrogen-bond donors (Lipinski definition) is 2. The Labute approximate surface area is 174 Å². The number of piperazine rings is 1. The van der Waals surface area contributed by atoms with Crippen LogP contribution in [0.2, 0.25) is 5.02 Å². The highest BCUT2D eigenvalue weighted by Gasteiger charge is 2.18. The second kappa shape index (κ2) is 8.59. The number of imidazole rings is 1. The van der Waals surface area contributed by atoms with E-state index < -0.39 is 0 Å². The third kappa shape index (κ3) is 4.04. The Kier molecular flexibility index (Phi) is 5.91. The van der Waals surface area contributed by atoms with Gasteiger partial charge in [-0.15, -0.1) is 0 Å². The largest absolute Gasteiger partial charge is 0.495 e. The van der Waals surface area contributed by atoms with Gasteiger partial charge in [0.15, 0.2) is 0 Å². The van der Waals surface area contributed by atoms with Gasteiger partial charge >= 0.3 is 0 Å². The lowest BCUT2D eigenvalue weighted by molar-refractivity contribution is 0.189. The molecule has 2 aromatic heterocycles. The summed E-state index contributed by atoms with van der Waals surface area (Å²) < 4.78 is 7.22. The van der Waals surface area contributed by atoms with E-state index in [0.29, 0.717) is 10.8 Å². The van der Waals surface area contributed by atoms with Gasteiger partial charge < -0.3 is 24.3 Å². The molecule has 1 aliphatic heterocycles. The van der Waals surface area contributed by atoms with Gasteiger partial charge in [-0.1, -0.05) is 11.6 Å². The molecular formula is C21H25ClN4O3. The third-order valence-electron chi connectivity index (χ3n) is 5.42. The van der Waals surface area contributed by atoms with Gasteiger partial charge in [-0.05, 0) is 23.8 Å². The van der Waals surface area contributed by atoms with E-state index in [1.165, 1.54) is 0 Å². The molecule has 8 heteroatoms. The predicted molar refractivity (Wildman–Crippen MR) is 114 cm³/mol. The number of nitrogens with zero attached hydrogens (tertiary/aromatic N) is 4. The van der Waals surface area contributed by atoms with Gasteiger partial charge in [0.2, 0.25) is 0 Å². The molecule has 0 atom stereocenters. The number of benzene rings is 1. The van der Waals surface area contributed by atoms with E-state index in [2.05, 4.69) is 21.9 Å². The van der Waals surface area contributed by atoms with Crippen molar-refractivity contribution in [2.24, 2.45) is 0 Å². The minimum atomic E-state index is -0.125. The summed E-state index contributed by atoms with van der Waals surface area (Å²) in [5.74, 6) is 0.533. The Balaban J connectivity index is 1.62. The molecule has 3 heterocycles. The van der Waals surface area contributed by atoms with Crippen LogP contribution in [-0.2, 0) is 6.61 Å². The number of fused-ring (bicyclic) bond motifs is 1. The number of aliphatic hydroxyl groups excluding tert-OH is 2. The number of halogens is 1. The Hall–Kier alpha value is -2.32. The fourth-order valence-electron chi connectivity index (χ4n) is 3.79. The Morgan fingerprint density at radius 2 is 1.93 bits per heavy atom. The molecule has 0 bridgehead atoms. The number of ether oxygens (including phenoxy) is 1. The molecule has 3 aromatic rings. The van der Waals surface area contributed by atoms with Gasteiger partial charge in [-0.3, -0.25) is 4.90 Å². The van der Waals surface area contributed by atoms with Crippen molar-refractivity contribution in [3.63, 3.8) is 0 Å². The second-order valence-corrected chi connectivity index (χ2v) is 7.54. The Morgan fingerprint density at radius 3 is 2.62 bits per heavy atom. The van der Waals surface area contributed by atoms with Crippen molar-refractivity contribution in [3.8, 4) is 17.0 Å². The maximum atomic E-state index is 9.78. The zero-order valence-corrected chi connectivity index (χ0v) is 17.1. The van der Waals surface area contributed by atoms with Gasteiger partial charge in [0, 0.05) is 62.4 Å². The number of β-amino-alcohol motifs (C(OH)–C–C–N with tert-alkyl or cyclic N) is 1. The van der Waals surface area contributed by atoms with E-state index in [4.69, 9.17) is 26.4 Å². The summed E-state index contributed by atoms with van der Waals surface area (Å²) in [4.78, 5) is 9.38. The van der Waals surface area contributed by atoms with Gasteiger partial charge in [0.1, 0.15) is 11.4 Å². The van der Waals surface area contributed by atoms with Crippen LogP contribution in [-0.4, -0.2) is 70.9 Å². The van der Waals surface area contributed by atoms with Crippen LogP contribution in [0.1, 0.15) is 5.56 Å². The van der Waals surface area contributed by atoms with E-state index in [1.54, 1.807) is 19.2 Å². The average molecular weight is 417 g/mol. The van der Waals surface area contributed by atoms with E-state index in [1.807, 2.05) is 16.8 Å². The van der Waals surface area contributed by atoms with Crippen LogP contribution >= 0.6 is 11.6 Å². The van der Waals surface area contributed by atoms with E-state index in [-0.39, 0.29) is 13.2 Å². The standard InChI is InChI=1S/C21H25ClN4O3/c1-29-20-10-15(14-28)17(12-18(20)22)19-13-26-3-2-16(11-21(26)23-19)25-6-4-24(5-7-25)8-9-27/h2-3,10-13,27-28H,4-9,14H2,1H3. The first-order valence-electron chi connectivity index (χ1n) is 9.67. The highest BCUT2D eigenvalue weighted by molar-refractivity contribution is 6.32. The third-order valence-corrected chi connectivity index (χ3v) is 5.72. The normalized spacial score (nSPS) is 15.2. The first-order chi connectivity index (χ1) is 14.1. The van der Waals surface area contributed by atoms with Crippen LogP contribution in [0, 0.1) is 0 Å². The molecule has 0 radical (unpaired) electrons. The highest BCUT2D eigenvalue weighted by Crippen LogP contribution is 2.34. The van der Waals surface area contributed by atoms with E-state index >= 15 is 0 Å². The lowest BCUT2D eigenvalue weighted by Crippen LogP contribution is -2.47. The lowest BCUT2D eigenvalue weighted by atomic mass is 10.1.